The molecule has 1 N–H and O–H groups in total. The summed E-state index contributed by atoms with van der Waals surface area (Å²) < 4.78 is 2.15. The van der Waals surface area contributed by atoms with Crippen molar-refractivity contribution in [3.63, 3.8) is 0 Å². The first kappa shape index (κ1) is 10.4. The van der Waals surface area contributed by atoms with Crippen molar-refractivity contribution in [2.75, 3.05) is 6.61 Å². The summed E-state index contributed by atoms with van der Waals surface area (Å²) in [5.74, 6) is 0. The highest BCUT2D eigenvalue weighted by Gasteiger charge is 2.09. The maximum Gasteiger partial charge on any atom is 0.0636 e. The maximum absolute atomic E-state index is 9.32. The van der Waals surface area contributed by atoms with Gasteiger partial charge < -0.3 is 9.67 Å². The first-order valence-electron chi connectivity index (χ1n) is 5.90. The lowest BCUT2D eigenvalue weighted by Crippen LogP contribution is -2.07. The first-order chi connectivity index (χ1) is 8.31. The van der Waals surface area contributed by atoms with E-state index in [0.717, 1.165) is 0 Å². The molecule has 0 aliphatic rings. The predicted octanol–water partition coefficient (Wildman–Crippen LogP) is 3.35. The Morgan fingerprint density at radius 3 is 2.65 bits per heavy atom. The van der Waals surface area contributed by atoms with E-state index >= 15 is 0 Å². The zero-order valence-electron chi connectivity index (χ0n) is 9.80. The molecule has 1 unspecified atom stereocenters. The van der Waals surface area contributed by atoms with Crippen LogP contribution in [0.15, 0.2) is 48.7 Å². The van der Waals surface area contributed by atoms with Crippen molar-refractivity contribution in [3.8, 4) is 0 Å². The Hall–Kier alpha value is -1.80. The summed E-state index contributed by atoms with van der Waals surface area (Å²) in [6.07, 6.45) is 2.05. The van der Waals surface area contributed by atoms with Crippen molar-refractivity contribution < 1.29 is 5.11 Å². The van der Waals surface area contributed by atoms with Gasteiger partial charge in [0.05, 0.1) is 18.2 Å². The van der Waals surface area contributed by atoms with Crippen molar-refractivity contribution in [1.29, 1.82) is 0 Å². The monoisotopic (exact) mass is 225 g/mol. The number of fused-ring (bicyclic) bond motifs is 3. The van der Waals surface area contributed by atoms with Crippen LogP contribution in [-0.4, -0.2) is 16.3 Å². The second-order valence-corrected chi connectivity index (χ2v) is 4.48. The minimum absolute atomic E-state index is 0.110. The van der Waals surface area contributed by atoms with Gasteiger partial charge in [0.15, 0.2) is 0 Å². The van der Waals surface area contributed by atoms with E-state index in [-0.39, 0.29) is 12.6 Å². The molecule has 17 heavy (non-hydrogen) atoms. The van der Waals surface area contributed by atoms with Gasteiger partial charge in [-0.25, -0.2) is 0 Å². The lowest BCUT2D eigenvalue weighted by molar-refractivity contribution is 0.242. The summed E-state index contributed by atoms with van der Waals surface area (Å²) >= 11 is 0. The Bertz CT molecular complexity index is 669. The van der Waals surface area contributed by atoms with Crippen molar-refractivity contribution in [1.82, 2.24) is 4.57 Å². The molecule has 0 saturated carbocycles. The standard InChI is InChI=1S/C15H15NO/c1-11(10-17)16-9-8-13-7-6-12-4-2-3-5-14(12)15(13)16/h2-9,11,17H,10H2,1H3. The highest BCUT2D eigenvalue weighted by molar-refractivity contribution is 6.05. The summed E-state index contributed by atoms with van der Waals surface area (Å²) in [4.78, 5) is 0. The third-order valence-electron chi connectivity index (χ3n) is 3.34. The third-order valence-corrected chi connectivity index (χ3v) is 3.34. The van der Waals surface area contributed by atoms with E-state index in [4.69, 9.17) is 0 Å². The van der Waals surface area contributed by atoms with Crippen molar-refractivity contribution >= 4 is 21.7 Å². The van der Waals surface area contributed by atoms with E-state index in [1.54, 1.807) is 0 Å². The van der Waals surface area contributed by atoms with Crippen LogP contribution in [0.5, 0.6) is 0 Å². The first-order valence-corrected chi connectivity index (χ1v) is 5.90. The number of aromatic nitrogens is 1. The van der Waals surface area contributed by atoms with Gasteiger partial charge in [-0.2, -0.15) is 0 Å². The fourth-order valence-corrected chi connectivity index (χ4v) is 2.39. The molecule has 1 heterocycles. The topological polar surface area (TPSA) is 25.2 Å². The number of nitrogens with zero attached hydrogens (tertiary/aromatic N) is 1. The zero-order chi connectivity index (χ0) is 11.8. The normalized spacial score (nSPS) is 13.3. The molecule has 3 aromatic rings. The molecule has 2 aromatic carbocycles. The van der Waals surface area contributed by atoms with Crippen molar-refractivity contribution in [2.45, 2.75) is 13.0 Å². The van der Waals surface area contributed by atoms with Gasteiger partial charge in [-0.3, -0.25) is 0 Å². The van der Waals surface area contributed by atoms with E-state index in [0.29, 0.717) is 0 Å². The molecule has 0 saturated heterocycles. The van der Waals surface area contributed by atoms with Gasteiger partial charge in [0.25, 0.3) is 0 Å². The molecule has 0 amide bonds. The van der Waals surface area contributed by atoms with E-state index in [9.17, 15) is 5.11 Å². The summed E-state index contributed by atoms with van der Waals surface area (Å²) in [5.41, 5.74) is 1.21. The lowest BCUT2D eigenvalue weighted by atomic mass is 10.1. The lowest BCUT2D eigenvalue weighted by Gasteiger charge is -2.13. The Morgan fingerprint density at radius 1 is 1.06 bits per heavy atom. The minimum Gasteiger partial charge on any atom is -0.394 e. The number of hydrogen-bond donors (Lipinski definition) is 1. The molecule has 3 rings (SSSR count). The van der Waals surface area contributed by atoms with Crippen LogP contribution in [0.4, 0.5) is 0 Å². The third kappa shape index (κ3) is 1.53. The van der Waals surface area contributed by atoms with Gasteiger partial charge in [0.1, 0.15) is 0 Å². The Balaban J connectivity index is 2.42. The Morgan fingerprint density at radius 2 is 1.82 bits per heavy atom. The average molecular weight is 225 g/mol. The van der Waals surface area contributed by atoms with E-state index in [2.05, 4.69) is 53.2 Å². The minimum atomic E-state index is 0.110. The number of aliphatic hydroxyl groups excluding tert-OH is 1. The molecule has 1 aromatic heterocycles. The predicted molar refractivity (Wildman–Crippen MR) is 71.2 cm³/mol. The smallest absolute Gasteiger partial charge is 0.0636 e. The fraction of sp³-hybridized carbons (Fsp3) is 0.200. The van der Waals surface area contributed by atoms with E-state index < -0.39 is 0 Å². The molecule has 86 valence electrons. The Kier molecular flexibility index (Phi) is 2.37. The maximum atomic E-state index is 9.32. The van der Waals surface area contributed by atoms with Crippen molar-refractivity contribution in [3.05, 3.63) is 48.7 Å². The summed E-state index contributed by atoms with van der Waals surface area (Å²) in [5, 5.41) is 13.0. The SMILES string of the molecule is CC(CO)n1ccc2ccc3ccccc3c21. The van der Waals surface area contributed by atoms with Gasteiger partial charge in [0.2, 0.25) is 0 Å². The van der Waals surface area contributed by atoms with Crippen LogP contribution in [0, 0.1) is 0 Å². The van der Waals surface area contributed by atoms with Gasteiger partial charge in [-0.15, -0.1) is 0 Å². The largest absolute Gasteiger partial charge is 0.394 e. The average Bonchev–Trinajstić information content (AvgIpc) is 2.82. The Labute approximate surface area is 100 Å². The van der Waals surface area contributed by atoms with Crippen LogP contribution >= 0.6 is 0 Å². The van der Waals surface area contributed by atoms with Crippen LogP contribution in [0.3, 0.4) is 0 Å². The van der Waals surface area contributed by atoms with Gasteiger partial charge in [0, 0.05) is 17.0 Å². The number of benzene rings is 2. The van der Waals surface area contributed by atoms with Crippen LogP contribution in [0.1, 0.15) is 13.0 Å². The second kappa shape index (κ2) is 3.90. The van der Waals surface area contributed by atoms with Gasteiger partial charge in [-0.1, -0.05) is 36.4 Å². The molecule has 0 spiro atoms. The molecule has 0 radical (unpaired) electrons. The molecule has 2 nitrogen and oxygen atoms in total. The molecular formula is C15H15NO. The molecule has 0 aliphatic carbocycles. The number of aliphatic hydroxyl groups is 1. The zero-order valence-corrected chi connectivity index (χ0v) is 9.80. The molecule has 0 aliphatic heterocycles. The number of rotatable bonds is 2. The van der Waals surface area contributed by atoms with Crippen LogP contribution in [0.25, 0.3) is 21.7 Å². The molecule has 0 fully saturated rings. The highest BCUT2D eigenvalue weighted by atomic mass is 16.3. The summed E-state index contributed by atoms with van der Waals surface area (Å²) in [6.45, 7) is 2.19. The van der Waals surface area contributed by atoms with Crippen molar-refractivity contribution in [2.24, 2.45) is 0 Å². The second-order valence-electron chi connectivity index (χ2n) is 4.48. The fourth-order valence-electron chi connectivity index (χ4n) is 2.39. The molecular weight excluding hydrogens is 210 g/mol. The van der Waals surface area contributed by atoms with E-state index in [1.807, 2.05) is 6.92 Å². The van der Waals surface area contributed by atoms with Crippen LogP contribution in [-0.2, 0) is 0 Å². The molecule has 1 atom stereocenters. The molecule has 0 bridgehead atoms. The van der Waals surface area contributed by atoms with Gasteiger partial charge in [-0.05, 0) is 18.4 Å². The van der Waals surface area contributed by atoms with Crippen LogP contribution < -0.4 is 0 Å². The number of hydrogen-bond acceptors (Lipinski definition) is 1. The summed E-state index contributed by atoms with van der Waals surface area (Å²) in [6, 6.07) is 14.9. The van der Waals surface area contributed by atoms with E-state index in [1.165, 1.54) is 21.7 Å². The molecule has 2 heteroatoms. The quantitative estimate of drug-likeness (QED) is 0.711. The highest BCUT2D eigenvalue weighted by Crippen LogP contribution is 2.28. The van der Waals surface area contributed by atoms with Gasteiger partial charge >= 0.3 is 0 Å². The summed E-state index contributed by atoms with van der Waals surface area (Å²) in [7, 11) is 0. The van der Waals surface area contributed by atoms with Crippen LogP contribution in [0.2, 0.25) is 0 Å².